The van der Waals surface area contributed by atoms with Gasteiger partial charge in [0.1, 0.15) is 0 Å². The minimum absolute atomic E-state index is 1.11. The number of hydrogen-bond donors (Lipinski definition) is 1. The Kier molecular flexibility index (Phi) is 4.76. The summed E-state index contributed by atoms with van der Waals surface area (Å²) in [5.74, 6) is 0. The van der Waals surface area contributed by atoms with Gasteiger partial charge in [0.15, 0.2) is 0 Å². The fourth-order valence-corrected chi connectivity index (χ4v) is 3.48. The number of nitrogens with one attached hydrogen (secondary N) is 1. The van der Waals surface area contributed by atoms with E-state index >= 15 is 0 Å². The number of aryl methyl sites for hydroxylation is 2. The third kappa shape index (κ3) is 3.63. The van der Waals surface area contributed by atoms with Crippen LogP contribution in [0.2, 0.25) is 0 Å². The molecule has 0 aliphatic rings. The zero-order valence-corrected chi connectivity index (χ0v) is 15.7. The largest absolute Gasteiger partial charge is 0.361 e. The van der Waals surface area contributed by atoms with Crippen LogP contribution in [0.1, 0.15) is 16.7 Å². The van der Waals surface area contributed by atoms with E-state index in [1.54, 1.807) is 0 Å². The van der Waals surface area contributed by atoms with Crippen molar-refractivity contribution in [3.8, 4) is 11.1 Å². The topological polar surface area (TPSA) is 12.0 Å². The minimum atomic E-state index is 1.11. The predicted octanol–water partition coefficient (Wildman–Crippen LogP) is 7.21. The Bertz CT molecular complexity index is 1120. The Balaban J connectivity index is 1.69. The first-order valence-corrected chi connectivity index (χ1v) is 9.30. The molecule has 1 N–H and O–H groups in total. The van der Waals surface area contributed by atoms with Crippen LogP contribution in [0.5, 0.6) is 0 Å². The molecule has 0 aliphatic carbocycles. The lowest BCUT2D eigenvalue weighted by Gasteiger charge is -2.13. The molecule has 0 saturated carbocycles. The molecule has 0 aromatic heterocycles. The number of hydrogen-bond acceptors (Lipinski definition) is 1. The van der Waals surface area contributed by atoms with Crippen LogP contribution in [-0.2, 0) is 0 Å². The molecule has 0 radical (unpaired) electrons. The van der Waals surface area contributed by atoms with Crippen LogP contribution >= 0.6 is 0 Å². The molecule has 0 amide bonds. The first kappa shape index (κ1) is 17.1. The van der Waals surface area contributed by atoms with Gasteiger partial charge in [0.2, 0.25) is 0 Å². The van der Waals surface area contributed by atoms with E-state index in [0.717, 1.165) is 5.69 Å². The fourth-order valence-electron chi connectivity index (χ4n) is 3.48. The van der Waals surface area contributed by atoms with Crippen molar-refractivity contribution in [3.05, 3.63) is 108 Å². The van der Waals surface area contributed by atoms with Gasteiger partial charge < -0.3 is 5.32 Å². The summed E-state index contributed by atoms with van der Waals surface area (Å²) in [7, 11) is 0. The van der Waals surface area contributed by atoms with Gasteiger partial charge in [0, 0.05) is 17.5 Å². The van der Waals surface area contributed by atoms with Crippen molar-refractivity contribution in [2.45, 2.75) is 13.8 Å². The van der Waals surface area contributed by atoms with Gasteiger partial charge in [0.05, 0.1) is 0 Å². The zero-order chi connectivity index (χ0) is 18.6. The van der Waals surface area contributed by atoms with E-state index in [2.05, 4.69) is 110 Å². The second-order valence-electron chi connectivity index (χ2n) is 6.89. The van der Waals surface area contributed by atoms with Gasteiger partial charge in [-0.2, -0.15) is 0 Å². The quantitative estimate of drug-likeness (QED) is 0.410. The molecule has 4 aromatic rings. The first-order chi connectivity index (χ1) is 13.2. The summed E-state index contributed by atoms with van der Waals surface area (Å²) in [4.78, 5) is 0. The Morgan fingerprint density at radius 2 is 1.30 bits per heavy atom. The summed E-state index contributed by atoms with van der Waals surface area (Å²) in [6, 6.07) is 30.0. The molecule has 4 aromatic carbocycles. The van der Waals surface area contributed by atoms with Crippen molar-refractivity contribution < 1.29 is 0 Å². The van der Waals surface area contributed by atoms with E-state index in [4.69, 9.17) is 0 Å². The number of rotatable bonds is 4. The van der Waals surface area contributed by atoms with Crippen LogP contribution < -0.4 is 5.32 Å². The predicted molar refractivity (Wildman–Crippen MR) is 118 cm³/mol. The van der Waals surface area contributed by atoms with Gasteiger partial charge in [-0.05, 0) is 65.1 Å². The van der Waals surface area contributed by atoms with Gasteiger partial charge in [-0.15, -0.1) is 0 Å². The molecule has 27 heavy (non-hydrogen) atoms. The van der Waals surface area contributed by atoms with Gasteiger partial charge >= 0.3 is 0 Å². The van der Waals surface area contributed by atoms with Crippen molar-refractivity contribution in [1.29, 1.82) is 0 Å². The lowest BCUT2D eigenvalue weighted by molar-refractivity contribution is 1.44. The molecule has 0 aliphatic heterocycles. The van der Waals surface area contributed by atoms with Crippen LogP contribution in [0.4, 0.5) is 5.69 Å². The summed E-state index contributed by atoms with van der Waals surface area (Å²) < 4.78 is 0. The zero-order valence-electron chi connectivity index (χ0n) is 15.7. The average molecular weight is 349 g/mol. The van der Waals surface area contributed by atoms with E-state index in [0.29, 0.717) is 0 Å². The van der Waals surface area contributed by atoms with Crippen LogP contribution in [0.15, 0.2) is 91.1 Å². The first-order valence-electron chi connectivity index (χ1n) is 9.30. The molecule has 1 heteroatoms. The van der Waals surface area contributed by atoms with Crippen LogP contribution in [0.3, 0.4) is 0 Å². The van der Waals surface area contributed by atoms with Gasteiger partial charge in [-0.25, -0.2) is 0 Å². The highest BCUT2D eigenvalue weighted by Gasteiger charge is 2.08. The SMILES string of the molecule is Cc1ccccc1/C=C/Nc1ccccc1-c1cc2ccccc2cc1C. The highest BCUT2D eigenvalue weighted by Crippen LogP contribution is 2.33. The molecule has 4 rings (SSSR count). The third-order valence-electron chi connectivity index (χ3n) is 5.00. The van der Waals surface area contributed by atoms with Crippen molar-refractivity contribution in [2.24, 2.45) is 0 Å². The molecule has 0 unspecified atom stereocenters. The molecule has 1 nitrogen and oxygen atoms in total. The molecule has 0 saturated heterocycles. The Labute approximate surface area is 161 Å². The summed E-state index contributed by atoms with van der Waals surface area (Å²) in [5.41, 5.74) is 7.38. The summed E-state index contributed by atoms with van der Waals surface area (Å²) in [5, 5.41) is 6.03. The lowest BCUT2D eigenvalue weighted by Crippen LogP contribution is -1.93. The monoisotopic (exact) mass is 349 g/mol. The highest BCUT2D eigenvalue weighted by molar-refractivity contribution is 5.91. The summed E-state index contributed by atoms with van der Waals surface area (Å²) >= 11 is 0. The molecular formula is C26H23N. The maximum atomic E-state index is 3.48. The van der Waals surface area contributed by atoms with Crippen molar-refractivity contribution in [2.75, 3.05) is 5.32 Å². The van der Waals surface area contributed by atoms with Crippen molar-refractivity contribution in [3.63, 3.8) is 0 Å². The average Bonchev–Trinajstić information content (AvgIpc) is 2.69. The van der Waals surface area contributed by atoms with E-state index in [-0.39, 0.29) is 0 Å². The fraction of sp³-hybridized carbons (Fsp3) is 0.0769. The number of para-hydroxylation sites is 1. The summed E-state index contributed by atoms with van der Waals surface area (Å²) in [6.45, 7) is 4.31. The van der Waals surface area contributed by atoms with Crippen molar-refractivity contribution >= 4 is 22.5 Å². The Morgan fingerprint density at radius 3 is 2.11 bits per heavy atom. The molecule has 0 atom stereocenters. The molecule has 0 spiro atoms. The maximum absolute atomic E-state index is 3.48. The van der Waals surface area contributed by atoms with Crippen LogP contribution in [0.25, 0.3) is 28.0 Å². The standard InChI is InChI=1S/C26H23N/c1-19-9-3-4-10-21(19)15-16-27-26-14-8-7-13-24(26)25-18-23-12-6-5-11-22(23)17-20(25)2/h3-18,27H,1-2H3/b16-15+. The second kappa shape index (κ2) is 7.51. The van der Waals surface area contributed by atoms with E-state index in [9.17, 15) is 0 Å². The molecule has 0 bridgehead atoms. The van der Waals surface area contributed by atoms with Gasteiger partial charge in [-0.1, -0.05) is 72.8 Å². The smallest absolute Gasteiger partial charge is 0.0459 e. The van der Waals surface area contributed by atoms with Gasteiger partial charge in [0.25, 0.3) is 0 Å². The molecule has 132 valence electrons. The van der Waals surface area contributed by atoms with E-state index < -0.39 is 0 Å². The number of benzene rings is 4. The highest BCUT2D eigenvalue weighted by atomic mass is 14.8. The van der Waals surface area contributed by atoms with E-state index in [1.165, 1.54) is 38.6 Å². The minimum Gasteiger partial charge on any atom is -0.361 e. The van der Waals surface area contributed by atoms with Crippen molar-refractivity contribution in [1.82, 2.24) is 0 Å². The van der Waals surface area contributed by atoms with E-state index in [1.807, 2.05) is 6.20 Å². The third-order valence-corrected chi connectivity index (χ3v) is 5.00. The normalized spacial score (nSPS) is 11.2. The Morgan fingerprint density at radius 1 is 0.630 bits per heavy atom. The lowest BCUT2D eigenvalue weighted by atomic mass is 9.95. The van der Waals surface area contributed by atoms with Crippen LogP contribution in [-0.4, -0.2) is 0 Å². The Hall–Kier alpha value is -3.32. The van der Waals surface area contributed by atoms with Gasteiger partial charge in [-0.3, -0.25) is 0 Å². The molecular weight excluding hydrogens is 326 g/mol. The number of fused-ring (bicyclic) bond motifs is 1. The molecule has 0 heterocycles. The molecule has 0 fully saturated rings. The summed E-state index contributed by atoms with van der Waals surface area (Å²) in [6.07, 6.45) is 4.15. The maximum Gasteiger partial charge on any atom is 0.0459 e. The second-order valence-corrected chi connectivity index (χ2v) is 6.89. The number of anilines is 1. The van der Waals surface area contributed by atoms with Crippen LogP contribution in [0, 0.1) is 13.8 Å².